The Hall–Kier alpha value is -3.84. The van der Waals surface area contributed by atoms with Gasteiger partial charge in [-0.25, -0.2) is 9.18 Å². The molecule has 0 aliphatic carbocycles. The number of likely N-dealkylation sites (N-methyl/N-ethyl adjacent to an activating group) is 1. The molecule has 2 aromatic rings. The molecule has 0 saturated carbocycles. The molecule has 14 heteroatoms. The van der Waals surface area contributed by atoms with Gasteiger partial charge in [0.05, 0.1) is 11.1 Å². The van der Waals surface area contributed by atoms with Crippen molar-refractivity contribution in [1.29, 1.82) is 0 Å². The number of urea groups is 1. The average Bonchev–Trinajstić information content (AvgIpc) is 2.85. The molecule has 7 nitrogen and oxygen atoms in total. The molecule has 206 valence electrons. The van der Waals surface area contributed by atoms with E-state index in [2.05, 4.69) is 0 Å². The van der Waals surface area contributed by atoms with Gasteiger partial charge >= 0.3 is 30.2 Å². The summed E-state index contributed by atoms with van der Waals surface area (Å²) in [4.78, 5) is 39.8. The van der Waals surface area contributed by atoms with Crippen molar-refractivity contribution in [1.82, 2.24) is 9.80 Å². The fourth-order valence-corrected chi connectivity index (χ4v) is 4.40. The first kappa shape index (κ1) is 28.7. The Morgan fingerprint density at radius 2 is 1.45 bits per heavy atom. The van der Waals surface area contributed by atoms with E-state index in [1.807, 2.05) is 0 Å². The summed E-state index contributed by atoms with van der Waals surface area (Å²) in [5.74, 6) is -3.40. The van der Waals surface area contributed by atoms with Crippen LogP contribution in [0, 0.1) is 5.82 Å². The third-order valence-electron chi connectivity index (χ3n) is 6.42. The lowest BCUT2D eigenvalue weighted by Gasteiger charge is -2.43. The second kappa shape index (κ2) is 10.5. The van der Waals surface area contributed by atoms with Gasteiger partial charge in [0.2, 0.25) is 0 Å². The molecule has 0 radical (unpaired) electrons. The highest BCUT2D eigenvalue weighted by molar-refractivity contribution is 6.34. The molecule has 1 fully saturated rings. The maximum absolute atomic E-state index is 13.5. The summed E-state index contributed by atoms with van der Waals surface area (Å²) in [5, 5.41) is 0. The van der Waals surface area contributed by atoms with Crippen LogP contribution in [0.4, 0.5) is 41.2 Å². The van der Waals surface area contributed by atoms with Gasteiger partial charge in [-0.1, -0.05) is 12.1 Å². The molecule has 0 bridgehead atoms. The first-order chi connectivity index (χ1) is 17.5. The predicted octanol–water partition coefficient (Wildman–Crippen LogP) is 4.22. The van der Waals surface area contributed by atoms with Gasteiger partial charge in [-0.3, -0.25) is 14.5 Å². The molecule has 1 aliphatic rings. The van der Waals surface area contributed by atoms with Crippen LogP contribution in [0.3, 0.4) is 0 Å². The zero-order chi connectivity index (χ0) is 28.6. The highest BCUT2D eigenvalue weighted by Crippen LogP contribution is 2.39. The van der Waals surface area contributed by atoms with Gasteiger partial charge in [-0.2, -0.15) is 26.3 Å². The minimum absolute atomic E-state index is 0.00670. The number of alkyl halides is 6. The minimum atomic E-state index is -5.10. The van der Waals surface area contributed by atoms with Gasteiger partial charge in [0.15, 0.2) is 0 Å². The second-order valence-electron chi connectivity index (χ2n) is 8.85. The van der Waals surface area contributed by atoms with Gasteiger partial charge in [-0.15, -0.1) is 0 Å². The predicted molar refractivity (Wildman–Crippen MR) is 121 cm³/mol. The lowest BCUT2D eigenvalue weighted by molar-refractivity contribution is -0.145. The van der Waals surface area contributed by atoms with Crippen LogP contribution in [0.5, 0.6) is 0 Å². The van der Waals surface area contributed by atoms with Crippen molar-refractivity contribution in [2.24, 2.45) is 5.73 Å². The Labute approximate surface area is 212 Å². The lowest BCUT2D eigenvalue weighted by atomic mass is 9.85. The van der Waals surface area contributed by atoms with E-state index >= 15 is 0 Å². The summed E-state index contributed by atoms with van der Waals surface area (Å²) in [6, 6.07) is 4.31. The van der Waals surface area contributed by atoms with Crippen LogP contribution in [-0.4, -0.2) is 60.9 Å². The van der Waals surface area contributed by atoms with E-state index in [-0.39, 0.29) is 25.6 Å². The number of nitrogens with zero attached hydrogens (tertiary/aromatic N) is 3. The van der Waals surface area contributed by atoms with Gasteiger partial charge in [0.1, 0.15) is 5.82 Å². The number of amides is 4. The molecule has 38 heavy (non-hydrogen) atoms. The van der Waals surface area contributed by atoms with Crippen LogP contribution in [0.2, 0.25) is 0 Å². The van der Waals surface area contributed by atoms with Crippen molar-refractivity contribution in [3.8, 4) is 0 Å². The third-order valence-corrected chi connectivity index (χ3v) is 6.42. The number of piperidine rings is 1. The average molecular weight is 548 g/mol. The van der Waals surface area contributed by atoms with Crippen LogP contribution in [0.1, 0.15) is 29.0 Å². The monoisotopic (exact) mass is 548 g/mol. The van der Waals surface area contributed by atoms with E-state index in [1.54, 1.807) is 0 Å². The number of carbonyl (C=O) groups is 3. The number of carbonyl (C=O) groups excluding carboxylic acids is 3. The van der Waals surface area contributed by atoms with E-state index in [9.17, 15) is 45.1 Å². The lowest BCUT2D eigenvalue weighted by Crippen LogP contribution is -2.55. The first-order valence-electron chi connectivity index (χ1n) is 11.1. The Morgan fingerprint density at radius 3 is 1.92 bits per heavy atom. The van der Waals surface area contributed by atoms with Crippen LogP contribution in [0.25, 0.3) is 0 Å². The van der Waals surface area contributed by atoms with Crippen molar-refractivity contribution >= 4 is 23.5 Å². The molecule has 2 N–H and O–H groups in total. The van der Waals surface area contributed by atoms with Crippen molar-refractivity contribution in [3.63, 3.8) is 0 Å². The Balaban J connectivity index is 1.96. The topological polar surface area (TPSA) is 87.0 Å². The van der Waals surface area contributed by atoms with Gasteiger partial charge < -0.3 is 15.5 Å². The quantitative estimate of drug-likeness (QED) is 0.461. The van der Waals surface area contributed by atoms with E-state index in [4.69, 9.17) is 5.73 Å². The maximum atomic E-state index is 13.5. The Bertz CT molecular complexity index is 1180. The zero-order valence-electron chi connectivity index (χ0n) is 20.1. The molecule has 4 amide bonds. The standard InChI is InChI=1S/C24H23F7N4O3/c1-33(17-10-14(23(26,27)28)9-15(11-17)24(29,30)31)22(38)34(2)19-7-8-35(21(37)20(32)36)12-18(19)13-3-5-16(25)6-4-13/h3-6,9-11,18-19H,7-8,12H2,1-2H3,(H2,32,36)/t18-,19+/m0/s1. The summed E-state index contributed by atoms with van der Waals surface area (Å²) in [6.45, 7) is -0.103. The smallest absolute Gasteiger partial charge is 0.361 e. The molecule has 0 unspecified atom stereocenters. The van der Waals surface area contributed by atoms with Crippen LogP contribution in [0.15, 0.2) is 42.5 Å². The molecule has 3 rings (SSSR count). The van der Waals surface area contributed by atoms with Crippen LogP contribution in [-0.2, 0) is 21.9 Å². The molecule has 1 heterocycles. The van der Waals surface area contributed by atoms with Gasteiger partial charge in [0, 0.05) is 44.8 Å². The number of halogens is 7. The molecule has 2 aromatic carbocycles. The highest BCUT2D eigenvalue weighted by Gasteiger charge is 2.40. The van der Waals surface area contributed by atoms with E-state index in [1.165, 1.54) is 19.2 Å². The van der Waals surface area contributed by atoms with Crippen molar-refractivity contribution in [2.45, 2.75) is 30.7 Å². The highest BCUT2D eigenvalue weighted by atomic mass is 19.4. The molecule has 1 aliphatic heterocycles. The van der Waals surface area contributed by atoms with Crippen LogP contribution < -0.4 is 10.6 Å². The van der Waals surface area contributed by atoms with Crippen molar-refractivity contribution < 1.29 is 45.1 Å². The van der Waals surface area contributed by atoms with E-state index < -0.39 is 64.8 Å². The fourth-order valence-electron chi connectivity index (χ4n) is 4.40. The number of benzene rings is 2. The number of likely N-dealkylation sites (tertiary alicyclic amines) is 1. The normalized spacial score (nSPS) is 18.2. The van der Waals surface area contributed by atoms with Crippen molar-refractivity contribution in [3.05, 3.63) is 65.0 Å². The number of primary amides is 1. The number of anilines is 1. The molecule has 1 saturated heterocycles. The minimum Gasteiger partial charge on any atom is -0.361 e. The summed E-state index contributed by atoms with van der Waals surface area (Å²) in [7, 11) is 2.34. The molecular weight excluding hydrogens is 525 g/mol. The zero-order valence-corrected chi connectivity index (χ0v) is 20.1. The van der Waals surface area contributed by atoms with Gasteiger partial charge in [-0.05, 0) is 42.3 Å². The van der Waals surface area contributed by atoms with Gasteiger partial charge in [0.25, 0.3) is 0 Å². The fraction of sp³-hybridized carbons (Fsp3) is 0.375. The Morgan fingerprint density at radius 1 is 0.921 bits per heavy atom. The van der Waals surface area contributed by atoms with Crippen molar-refractivity contribution in [2.75, 3.05) is 32.1 Å². The van der Waals surface area contributed by atoms with E-state index in [0.29, 0.717) is 22.6 Å². The largest absolute Gasteiger partial charge is 0.416 e. The molecule has 2 atom stereocenters. The SMILES string of the molecule is CN(C(=O)N(C)[C@@H]1CCN(C(=O)C(N)=O)C[C@H]1c1ccc(F)cc1)c1cc(C(F)(F)F)cc(C(F)(F)F)c1. The summed E-state index contributed by atoms with van der Waals surface area (Å²) in [6.07, 6.45) is -10.1. The Kier molecular flexibility index (Phi) is 7.94. The summed E-state index contributed by atoms with van der Waals surface area (Å²) < 4.78 is 93.3. The summed E-state index contributed by atoms with van der Waals surface area (Å²) in [5.41, 5.74) is 1.79. The number of rotatable bonds is 3. The number of hydrogen-bond donors (Lipinski definition) is 1. The summed E-state index contributed by atoms with van der Waals surface area (Å²) >= 11 is 0. The van der Waals surface area contributed by atoms with Crippen LogP contribution >= 0.6 is 0 Å². The van der Waals surface area contributed by atoms with E-state index in [0.717, 1.165) is 29.0 Å². The third kappa shape index (κ3) is 6.17. The first-order valence-corrected chi connectivity index (χ1v) is 11.1. The number of hydrogen-bond acceptors (Lipinski definition) is 3. The molecular formula is C24H23F7N4O3. The number of nitrogens with two attached hydrogens (primary N) is 1. The maximum Gasteiger partial charge on any atom is 0.416 e. The molecule has 0 aromatic heterocycles. The molecule has 0 spiro atoms. The second-order valence-corrected chi connectivity index (χ2v) is 8.85.